The van der Waals surface area contributed by atoms with Gasteiger partial charge in [-0.15, -0.1) is 0 Å². The fourth-order valence-corrected chi connectivity index (χ4v) is 4.31. The van der Waals surface area contributed by atoms with E-state index in [1.54, 1.807) is 21.3 Å². The van der Waals surface area contributed by atoms with Crippen LogP contribution < -0.4 is 0 Å². The Morgan fingerprint density at radius 1 is 0.952 bits per heavy atom. The van der Waals surface area contributed by atoms with Crippen LogP contribution in [0.1, 0.15) is 18.4 Å². The molecule has 114 valence electrons. The molecular formula is C16H23NO3Si. The van der Waals surface area contributed by atoms with Gasteiger partial charge in [0.2, 0.25) is 0 Å². The summed E-state index contributed by atoms with van der Waals surface area (Å²) in [6, 6.07) is 9.46. The second-order valence-electron chi connectivity index (χ2n) is 5.06. The van der Waals surface area contributed by atoms with Gasteiger partial charge in [-0.05, 0) is 42.3 Å². The topological polar surface area (TPSA) is 40.6 Å². The molecule has 21 heavy (non-hydrogen) atoms. The third kappa shape index (κ3) is 4.10. The summed E-state index contributed by atoms with van der Waals surface area (Å²) in [7, 11) is 2.58. The van der Waals surface area contributed by atoms with E-state index in [-0.39, 0.29) is 0 Å². The zero-order chi connectivity index (χ0) is 15.1. The number of unbranched alkanes of at least 4 members (excludes halogenated alkanes) is 1. The summed E-state index contributed by atoms with van der Waals surface area (Å²) in [6.45, 7) is 0. The number of aromatic nitrogens is 1. The monoisotopic (exact) mass is 305 g/mol. The van der Waals surface area contributed by atoms with Crippen molar-refractivity contribution in [2.75, 3.05) is 21.3 Å². The van der Waals surface area contributed by atoms with Gasteiger partial charge in [0.25, 0.3) is 0 Å². The minimum atomic E-state index is -2.41. The standard InChI is InChI=1S/C16H23NO3Si/c1-18-21(19-2,20-3)11-5-4-6-14-7-8-15-9-10-17-13-16(15)12-14/h7-10,12-13H,4-6,11H2,1-3H3. The van der Waals surface area contributed by atoms with Crippen molar-refractivity contribution < 1.29 is 13.3 Å². The van der Waals surface area contributed by atoms with Crippen LogP contribution in [0.2, 0.25) is 6.04 Å². The molecule has 1 heterocycles. The molecule has 1 aromatic carbocycles. The Morgan fingerprint density at radius 3 is 2.43 bits per heavy atom. The summed E-state index contributed by atoms with van der Waals surface area (Å²) in [4.78, 5) is 4.17. The summed E-state index contributed by atoms with van der Waals surface area (Å²) in [5, 5.41) is 2.43. The van der Waals surface area contributed by atoms with Crippen LogP contribution >= 0.6 is 0 Å². The average molecular weight is 305 g/mol. The number of aryl methyl sites for hydroxylation is 1. The highest BCUT2D eigenvalue weighted by atomic mass is 28.4. The van der Waals surface area contributed by atoms with E-state index in [2.05, 4.69) is 23.2 Å². The third-order valence-corrected chi connectivity index (χ3v) is 6.67. The van der Waals surface area contributed by atoms with Gasteiger partial charge in [0.15, 0.2) is 0 Å². The van der Waals surface area contributed by atoms with Crippen LogP contribution in [0.4, 0.5) is 0 Å². The number of nitrogens with zero attached hydrogens (tertiary/aromatic N) is 1. The molecule has 0 radical (unpaired) electrons. The molecule has 0 saturated carbocycles. The van der Waals surface area contributed by atoms with Crippen molar-refractivity contribution in [2.24, 2.45) is 0 Å². The lowest BCUT2D eigenvalue weighted by molar-refractivity contribution is 0.123. The lowest BCUT2D eigenvalue weighted by Crippen LogP contribution is -2.42. The van der Waals surface area contributed by atoms with Gasteiger partial charge in [0.1, 0.15) is 0 Å². The zero-order valence-electron chi connectivity index (χ0n) is 13.0. The van der Waals surface area contributed by atoms with Gasteiger partial charge in [-0.1, -0.05) is 12.1 Å². The van der Waals surface area contributed by atoms with E-state index in [1.807, 2.05) is 18.5 Å². The van der Waals surface area contributed by atoms with E-state index in [0.717, 1.165) is 25.3 Å². The van der Waals surface area contributed by atoms with Crippen LogP contribution in [0.5, 0.6) is 0 Å². The first-order valence-corrected chi connectivity index (χ1v) is 9.14. The molecule has 5 heteroatoms. The Morgan fingerprint density at radius 2 is 1.71 bits per heavy atom. The fourth-order valence-electron chi connectivity index (χ4n) is 2.52. The smallest absolute Gasteiger partial charge is 0.377 e. The lowest BCUT2D eigenvalue weighted by atomic mass is 10.0. The van der Waals surface area contributed by atoms with E-state index in [4.69, 9.17) is 13.3 Å². The maximum atomic E-state index is 5.43. The van der Waals surface area contributed by atoms with E-state index >= 15 is 0 Å². The highest BCUT2D eigenvalue weighted by Gasteiger charge is 2.36. The van der Waals surface area contributed by atoms with Gasteiger partial charge in [-0.2, -0.15) is 0 Å². The van der Waals surface area contributed by atoms with Crippen molar-refractivity contribution in [3.63, 3.8) is 0 Å². The fraction of sp³-hybridized carbons (Fsp3) is 0.438. The number of pyridine rings is 1. The predicted octanol–water partition coefficient (Wildman–Crippen LogP) is 3.44. The van der Waals surface area contributed by atoms with E-state index in [9.17, 15) is 0 Å². The van der Waals surface area contributed by atoms with Gasteiger partial charge < -0.3 is 13.3 Å². The first-order chi connectivity index (χ1) is 10.2. The minimum absolute atomic E-state index is 0.853. The summed E-state index contributed by atoms with van der Waals surface area (Å²) in [5.41, 5.74) is 1.34. The molecule has 0 bridgehead atoms. The Bertz CT molecular complexity index is 564. The maximum absolute atomic E-state index is 5.43. The maximum Gasteiger partial charge on any atom is 0.500 e. The first kappa shape index (κ1) is 16.1. The van der Waals surface area contributed by atoms with Crippen LogP contribution in [0, 0.1) is 0 Å². The summed E-state index contributed by atoms with van der Waals surface area (Å²) in [5.74, 6) is 0. The highest BCUT2D eigenvalue weighted by molar-refractivity contribution is 6.60. The molecule has 0 aliphatic rings. The van der Waals surface area contributed by atoms with Crippen molar-refractivity contribution >= 4 is 19.6 Å². The molecular weight excluding hydrogens is 282 g/mol. The molecule has 4 nitrogen and oxygen atoms in total. The number of rotatable bonds is 8. The first-order valence-electron chi connectivity index (χ1n) is 7.21. The number of benzene rings is 1. The molecule has 0 amide bonds. The van der Waals surface area contributed by atoms with Crippen molar-refractivity contribution in [2.45, 2.75) is 25.3 Å². The van der Waals surface area contributed by atoms with Crippen molar-refractivity contribution in [3.05, 3.63) is 42.2 Å². The number of hydrogen-bond donors (Lipinski definition) is 0. The predicted molar refractivity (Wildman–Crippen MR) is 86.3 cm³/mol. The lowest BCUT2D eigenvalue weighted by Gasteiger charge is -2.24. The molecule has 0 N–H and O–H groups in total. The summed E-state index contributed by atoms with van der Waals surface area (Å²) in [6.07, 6.45) is 6.92. The minimum Gasteiger partial charge on any atom is -0.377 e. The molecule has 0 spiro atoms. The van der Waals surface area contributed by atoms with Crippen LogP contribution in [0.3, 0.4) is 0 Å². The number of fused-ring (bicyclic) bond motifs is 1. The Balaban J connectivity index is 1.87. The molecule has 0 fully saturated rings. The number of hydrogen-bond acceptors (Lipinski definition) is 4. The SMILES string of the molecule is CO[Si](CCCCc1ccc2ccncc2c1)(OC)OC. The van der Waals surface area contributed by atoms with Crippen molar-refractivity contribution in [3.8, 4) is 0 Å². The van der Waals surface area contributed by atoms with Gasteiger partial charge in [-0.3, -0.25) is 4.98 Å². The normalized spacial score (nSPS) is 12.0. The quantitative estimate of drug-likeness (QED) is 0.553. The summed E-state index contributed by atoms with van der Waals surface area (Å²) >= 11 is 0. The molecule has 1 aromatic heterocycles. The molecule has 0 saturated heterocycles. The van der Waals surface area contributed by atoms with E-state index < -0.39 is 8.80 Å². The van der Waals surface area contributed by atoms with Crippen molar-refractivity contribution in [1.82, 2.24) is 4.98 Å². The average Bonchev–Trinajstić information content (AvgIpc) is 2.55. The van der Waals surface area contributed by atoms with Crippen LogP contribution in [0.25, 0.3) is 10.8 Å². The molecule has 2 aromatic rings. The molecule has 0 aliphatic heterocycles. The molecule has 2 rings (SSSR count). The van der Waals surface area contributed by atoms with Crippen LogP contribution in [-0.4, -0.2) is 35.1 Å². The highest BCUT2D eigenvalue weighted by Crippen LogP contribution is 2.19. The van der Waals surface area contributed by atoms with Crippen LogP contribution in [0.15, 0.2) is 36.7 Å². The largest absolute Gasteiger partial charge is 0.500 e. The zero-order valence-corrected chi connectivity index (χ0v) is 14.0. The third-order valence-electron chi connectivity index (χ3n) is 3.84. The molecule has 0 atom stereocenters. The van der Waals surface area contributed by atoms with E-state index in [1.165, 1.54) is 16.3 Å². The Hall–Kier alpha value is -1.27. The van der Waals surface area contributed by atoms with E-state index in [0.29, 0.717) is 0 Å². The molecule has 0 aliphatic carbocycles. The van der Waals surface area contributed by atoms with Gasteiger partial charge in [-0.25, -0.2) is 0 Å². The Labute approximate surface area is 127 Å². The van der Waals surface area contributed by atoms with Gasteiger partial charge >= 0.3 is 8.80 Å². The summed E-state index contributed by atoms with van der Waals surface area (Å²) < 4.78 is 16.3. The Kier molecular flexibility index (Phi) is 5.87. The van der Waals surface area contributed by atoms with Crippen LogP contribution in [-0.2, 0) is 19.7 Å². The van der Waals surface area contributed by atoms with Crippen molar-refractivity contribution in [1.29, 1.82) is 0 Å². The second-order valence-corrected chi connectivity index (χ2v) is 8.15. The molecule has 0 unspecified atom stereocenters. The van der Waals surface area contributed by atoms with Gasteiger partial charge in [0.05, 0.1) is 0 Å². The second kappa shape index (κ2) is 7.65. The van der Waals surface area contributed by atoms with Gasteiger partial charge in [0, 0.05) is 45.2 Å².